The van der Waals surface area contributed by atoms with Crippen LogP contribution < -0.4 is 9.47 Å². The number of hydrogen-bond donors (Lipinski definition) is 1. The third-order valence-corrected chi connectivity index (χ3v) is 3.14. The Hall–Kier alpha value is -1.26. The molecule has 0 fully saturated rings. The molecule has 4 heteroatoms. The number of aliphatic hydroxyl groups excluding tert-OH is 1. The highest BCUT2D eigenvalue weighted by molar-refractivity contribution is 5.44. The summed E-state index contributed by atoms with van der Waals surface area (Å²) in [6.45, 7) is 3.20. The van der Waals surface area contributed by atoms with Crippen molar-refractivity contribution >= 4 is 0 Å². The van der Waals surface area contributed by atoms with Crippen molar-refractivity contribution in [1.82, 2.24) is 0 Å². The molecule has 0 aliphatic carbocycles. The molecule has 18 heavy (non-hydrogen) atoms. The number of hydrogen-bond acceptors (Lipinski definition) is 4. The third-order valence-electron chi connectivity index (χ3n) is 3.14. The van der Waals surface area contributed by atoms with Crippen LogP contribution >= 0.6 is 0 Å². The summed E-state index contributed by atoms with van der Waals surface area (Å²) >= 11 is 0. The first-order valence-corrected chi connectivity index (χ1v) is 6.36. The molecule has 1 aliphatic rings. The van der Waals surface area contributed by atoms with E-state index in [1.807, 2.05) is 18.2 Å². The van der Waals surface area contributed by atoms with E-state index in [2.05, 4.69) is 6.92 Å². The smallest absolute Gasteiger partial charge is 0.161 e. The largest absolute Gasteiger partial charge is 0.486 e. The van der Waals surface area contributed by atoms with Crippen LogP contribution in [0.25, 0.3) is 0 Å². The van der Waals surface area contributed by atoms with Gasteiger partial charge >= 0.3 is 0 Å². The summed E-state index contributed by atoms with van der Waals surface area (Å²) in [5, 5.41) is 10.3. The molecule has 1 aliphatic heterocycles. The van der Waals surface area contributed by atoms with Gasteiger partial charge in [-0.1, -0.05) is 19.4 Å². The van der Waals surface area contributed by atoms with Crippen molar-refractivity contribution in [3.63, 3.8) is 0 Å². The second-order valence-corrected chi connectivity index (χ2v) is 4.41. The summed E-state index contributed by atoms with van der Waals surface area (Å²) in [6.07, 6.45) is 0.981. The Morgan fingerprint density at radius 1 is 1.28 bits per heavy atom. The van der Waals surface area contributed by atoms with Crippen LogP contribution in [0.3, 0.4) is 0 Å². The van der Waals surface area contributed by atoms with Gasteiger partial charge in [-0.05, 0) is 24.1 Å². The summed E-state index contributed by atoms with van der Waals surface area (Å²) in [7, 11) is 1.63. The highest BCUT2D eigenvalue weighted by Gasteiger charge is 2.22. The summed E-state index contributed by atoms with van der Waals surface area (Å²) < 4.78 is 16.3. The van der Waals surface area contributed by atoms with Crippen LogP contribution in [0.5, 0.6) is 11.5 Å². The second-order valence-electron chi connectivity index (χ2n) is 4.41. The minimum Gasteiger partial charge on any atom is -0.486 e. The molecule has 1 heterocycles. The van der Waals surface area contributed by atoms with Gasteiger partial charge in [0.25, 0.3) is 0 Å². The Morgan fingerprint density at radius 3 is 2.67 bits per heavy atom. The maximum absolute atomic E-state index is 10.3. The van der Waals surface area contributed by atoms with Crippen LogP contribution in [-0.2, 0) is 4.74 Å². The van der Waals surface area contributed by atoms with Crippen LogP contribution in [0.2, 0.25) is 0 Å². The monoisotopic (exact) mass is 252 g/mol. The summed E-state index contributed by atoms with van der Waals surface area (Å²) in [4.78, 5) is 0. The molecule has 0 bridgehead atoms. The average molecular weight is 252 g/mol. The van der Waals surface area contributed by atoms with E-state index in [-0.39, 0.29) is 6.10 Å². The zero-order valence-electron chi connectivity index (χ0n) is 10.9. The van der Waals surface area contributed by atoms with Gasteiger partial charge in [-0.2, -0.15) is 0 Å². The Kier molecular flexibility index (Phi) is 4.44. The predicted octanol–water partition coefficient (Wildman–Crippen LogP) is 2.31. The van der Waals surface area contributed by atoms with Crippen LogP contribution in [-0.4, -0.2) is 31.5 Å². The summed E-state index contributed by atoms with van der Waals surface area (Å²) in [6, 6.07) is 5.53. The highest BCUT2D eigenvalue weighted by atomic mass is 16.6. The van der Waals surface area contributed by atoms with Crippen LogP contribution in [0.15, 0.2) is 18.2 Å². The van der Waals surface area contributed by atoms with Gasteiger partial charge < -0.3 is 19.3 Å². The van der Waals surface area contributed by atoms with Gasteiger partial charge in [-0.3, -0.25) is 0 Å². The number of fused-ring (bicyclic) bond motifs is 1. The fraction of sp³-hybridized carbons (Fsp3) is 0.571. The summed E-state index contributed by atoms with van der Waals surface area (Å²) in [5.74, 6) is 1.44. The van der Waals surface area contributed by atoms with Crippen molar-refractivity contribution in [2.24, 2.45) is 0 Å². The molecule has 100 valence electrons. The maximum atomic E-state index is 10.3. The van der Waals surface area contributed by atoms with E-state index in [1.54, 1.807) is 7.11 Å². The molecule has 1 aromatic carbocycles. The summed E-state index contributed by atoms with van der Waals surface area (Å²) in [5.41, 5.74) is 0.805. The number of aliphatic hydroxyl groups is 1. The van der Waals surface area contributed by atoms with Crippen LogP contribution in [0, 0.1) is 0 Å². The zero-order chi connectivity index (χ0) is 13.0. The van der Waals surface area contributed by atoms with Crippen molar-refractivity contribution < 1.29 is 19.3 Å². The molecule has 0 amide bonds. The first-order chi connectivity index (χ1) is 8.76. The first-order valence-electron chi connectivity index (χ1n) is 6.36. The van der Waals surface area contributed by atoms with E-state index in [0.29, 0.717) is 19.0 Å². The minimum atomic E-state index is -0.634. The van der Waals surface area contributed by atoms with E-state index in [4.69, 9.17) is 14.2 Å². The molecule has 1 aromatic rings. The number of rotatable bonds is 5. The standard InChI is InChI=1S/C14H20O4/c1-3-4-12(16-2)14(15)10-5-6-11-13(9-10)18-8-7-17-11/h5-6,9,12,14-15H,3-4,7-8H2,1-2H3. The zero-order valence-corrected chi connectivity index (χ0v) is 10.9. The van der Waals surface area contributed by atoms with Gasteiger partial charge in [-0.25, -0.2) is 0 Å². The lowest BCUT2D eigenvalue weighted by molar-refractivity contribution is -0.0181. The number of methoxy groups -OCH3 is 1. The van der Waals surface area contributed by atoms with Gasteiger partial charge in [0.15, 0.2) is 11.5 Å². The Bertz CT molecular complexity index is 391. The van der Waals surface area contributed by atoms with Gasteiger partial charge in [-0.15, -0.1) is 0 Å². The minimum absolute atomic E-state index is 0.183. The molecule has 2 unspecified atom stereocenters. The number of ether oxygens (including phenoxy) is 3. The van der Waals surface area contributed by atoms with Gasteiger partial charge in [0.05, 0.1) is 6.10 Å². The lowest BCUT2D eigenvalue weighted by Gasteiger charge is -2.24. The van der Waals surface area contributed by atoms with Crippen molar-refractivity contribution in [2.45, 2.75) is 32.0 Å². The molecule has 1 N–H and O–H groups in total. The van der Waals surface area contributed by atoms with Gasteiger partial charge in [0, 0.05) is 7.11 Å². The lowest BCUT2D eigenvalue weighted by atomic mass is 10.0. The van der Waals surface area contributed by atoms with E-state index >= 15 is 0 Å². The first kappa shape index (κ1) is 13.2. The molecule has 2 rings (SSSR count). The van der Waals surface area contributed by atoms with Crippen molar-refractivity contribution in [3.8, 4) is 11.5 Å². The van der Waals surface area contributed by atoms with Gasteiger partial charge in [0.2, 0.25) is 0 Å². The molecule has 0 aromatic heterocycles. The third kappa shape index (κ3) is 2.76. The Balaban J connectivity index is 2.17. The molecule has 0 spiro atoms. The molecular formula is C14H20O4. The fourth-order valence-corrected chi connectivity index (χ4v) is 2.15. The maximum Gasteiger partial charge on any atom is 0.161 e. The predicted molar refractivity (Wildman–Crippen MR) is 68.1 cm³/mol. The molecular weight excluding hydrogens is 232 g/mol. The van der Waals surface area contributed by atoms with Crippen LogP contribution in [0.4, 0.5) is 0 Å². The average Bonchev–Trinajstić information content (AvgIpc) is 2.43. The second kappa shape index (κ2) is 6.07. The van der Waals surface area contributed by atoms with Crippen molar-refractivity contribution in [3.05, 3.63) is 23.8 Å². The van der Waals surface area contributed by atoms with E-state index in [0.717, 1.165) is 24.2 Å². The number of benzene rings is 1. The molecule has 4 nitrogen and oxygen atoms in total. The molecule has 0 radical (unpaired) electrons. The van der Waals surface area contributed by atoms with Crippen LogP contribution in [0.1, 0.15) is 31.4 Å². The fourth-order valence-electron chi connectivity index (χ4n) is 2.15. The molecule has 2 atom stereocenters. The SMILES string of the molecule is CCCC(OC)C(O)c1ccc2c(c1)OCCO2. The van der Waals surface area contributed by atoms with Crippen molar-refractivity contribution in [2.75, 3.05) is 20.3 Å². The Morgan fingerprint density at radius 2 is 2.00 bits per heavy atom. The lowest BCUT2D eigenvalue weighted by Crippen LogP contribution is -2.21. The van der Waals surface area contributed by atoms with E-state index in [1.165, 1.54) is 0 Å². The molecule has 0 saturated heterocycles. The van der Waals surface area contributed by atoms with Gasteiger partial charge in [0.1, 0.15) is 19.3 Å². The highest BCUT2D eigenvalue weighted by Crippen LogP contribution is 2.34. The molecule has 0 saturated carbocycles. The topological polar surface area (TPSA) is 47.9 Å². The van der Waals surface area contributed by atoms with Crippen molar-refractivity contribution in [1.29, 1.82) is 0 Å². The normalized spacial score (nSPS) is 17.3. The van der Waals surface area contributed by atoms with E-state index < -0.39 is 6.10 Å². The quantitative estimate of drug-likeness (QED) is 0.873. The van der Waals surface area contributed by atoms with E-state index in [9.17, 15) is 5.11 Å². The Labute approximate surface area is 107 Å².